The Morgan fingerprint density at radius 3 is 2.49 bits per heavy atom. The molecule has 0 aliphatic carbocycles. The van der Waals surface area contributed by atoms with Crippen molar-refractivity contribution >= 4 is 23.2 Å². The average Bonchev–Trinajstić information content (AvgIpc) is 3.47. The van der Waals surface area contributed by atoms with E-state index in [1.165, 1.54) is 0 Å². The first-order valence-electron chi connectivity index (χ1n) is 11.0. The number of methoxy groups -OCH3 is 1. The molecule has 4 aromatic rings. The Labute approximate surface area is 202 Å². The monoisotopic (exact) mass is 462 g/mol. The Morgan fingerprint density at radius 2 is 1.71 bits per heavy atom. The molecule has 3 N–H and O–H groups in total. The summed E-state index contributed by atoms with van der Waals surface area (Å²) in [6.07, 6.45) is 2.49. The fourth-order valence-corrected chi connectivity index (χ4v) is 3.87. The Hall–Kier alpha value is -4.73. The number of hydrogen-bond acceptors (Lipinski definition) is 4. The first-order chi connectivity index (χ1) is 17.1. The second kappa shape index (κ2) is 9.64. The topological polar surface area (TPSA) is 83.6 Å². The van der Waals surface area contributed by atoms with Crippen LogP contribution in [0.3, 0.4) is 0 Å². The predicted molar refractivity (Wildman–Crippen MR) is 135 cm³/mol. The fourth-order valence-electron chi connectivity index (χ4n) is 3.87. The average molecular weight is 463 g/mol. The molecule has 6 heteroatoms. The number of hydrogen-bond donors (Lipinski definition) is 3. The summed E-state index contributed by atoms with van der Waals surface area (Å²) in [7, 11) is 1.58. The highest BCUT2D eigenvalue weighted by molar-refractivity contribution is 6.35. The molecule has 1 amide bonds. The van der Waals surface area contributed by atoms with E-state index in [1.54, 1.807) is 49.7 Å². The number of aliphatic hydroxyl groups is 1. The third-order valence-electron chi connectivity index (χ3n) is 5.59. The maximum Gasteiger partial charge on any atom is 0.256 e. The molecule has 5 rings (SSSR count). The SMILES string of the molecule is COc1cc[nH]c1/C=C1\C(=O)Nc2cccc(C#C[C@@H](O)c3ccc(Oc4ccccc4)cc3)c21. The lowest BCUT2D eigenvalue weighted by atomic mass is 9.99. The van der Waals surface area contributed by atoms with Crippen LogP contribution >= 0.6 is 0 Å². The number of aliphatic hydroxyl groups excluding tert-OH is 1. The highest BCUT2D eigenvalue weighted by Crippen LogP contribution is 2.36. The standard InChI is InChI=1S/C29H22N2O4/c1-34-27-16-17-30-25(27)18-23-28-20(6-5-9-24(28)31-29(23)33)12-15-26(32)19-10-13-22(14-11-19)35-21-7-3-2-4-8-21/h2-11,13-14,16-18,26,30,32H,1H3,(H,31,33)/b23-18-/t26-/m1/s1. The van der Waals surface area contributed by atoms with E-state index in [0.29, 0.717) is 45.1 Å². The number of fused-ring (bicyclic) bond motifs is 1. The predicted octanol–water partition coefficient (Wildman–Crippen LogP) is 5.39. The summed E-state index contributed by atoms with van der Waals surface area (Å²) in [5, 5.41) is 13.5. The molecule has 1 aliphatic rings. The van der Waals surface area contributed by atoms with E-state index in [1.807, 2.05) is 48.5 Å². The highest BCUT2D eigenvalue weighted by atomic mass is 16.5. The van der Waals surface area contributed by atoms with Gasteiger partial charge in [-0.05, 0) is 54.1 Å². The zero-order chi connectivity index (χ0) is 24.2. The van der Waals surface area contributed by atoms with Crippen LogP contribution in [0.5, 0.6) is 17.2 Å². The van der Waals surface area contributed by atoms with E-state index in [2.05, 4.69) is 22.1 Å². The summed E-state index contributed by atoms with van der Waals surface area (Å²) in [6.45, 7) is 0. The van der Waals surface area contributed by atoms with Gasteiger partial charge in [-0.1, -0.05) is 48.2 Å². The van der Waals surface area contributed by atoms with E-state index in [4.69, 9.17) is 9.47 Å². The summed E-state index contributed by atoms with van der Waals surface area (Å²) in [5.41, 5.74) is 3.82. The molecule has 0 radical (unpaired) electrons. The molecule has 1 aromatic heterocycles. The van der Waals surface area contributed by atoms with Crippen molar-refractivity contribution in [2.45, 2.75) is 6.10 Å². The van der Waals surface area contributed by atoms with Gasteiger partial charge in [0.1, 0.15) is 23.4 Å². The lowest BCUT2D eigenvalue weighted by Gasteiger charge is -2.08. The zero-order valence-corrected chi connectivity index (χ0v) is 18.9. The van der Waals surface area contributed by atoms with Crippen molar-refractivity contribution in [2.24, 2.45) is 0 Å². The molecule has 1 aliphatic heterocycles. The Balaban J connectivity index is 1.40. The van der Waals surface area contributed by atoms with Crippen molar-refractivity contribution in [2.75, 3.05) is 12.4 Å². The molecule has 0 spiro atoms. The minimum atomic E-state index is -1.00. The Morgan fingerprint density at radius 1 is 0.943 bits per heavy atom. The molecule has 3 aromatic carbocycles. The lowest BCUT2D eigenvalue weighted by molar-refractivity contribution is -0.110. The van der Waals surface area contributed by atoms with Crippen LogP contribution in [0.2, 0.25) is 0 Å². The number of anilines is 1. The number of amides is 1. The van der Waals surface area contributed by atoms with Crippen LogP contribution in [0, 0.1) is 11.8 Å². The fraction of sp³-hybridized carbons (Fsp3) is 0.0690. The first-order valence-corrected chi connectivity index (χ1v) is 11.0. The van der Waals surface area contributed by atoms with Crippen LogP contribution in [-0.4, -0.2) is 23.1 Å². The van der Waals surface area contributed by atoms with E-state index >= 15 is 0 Å². The van der Waals surface area contributed by atoms with Crippen molar-refractivity contribution in [3.63, 3.8) is 0 Å². The Bertz CT molecular complexity index is 1460. The maximum atomic E-state index is 12.7. The molecule has 6 nitrogen and oxygen atoms in total. The number of rotatable bonds is 5. The van der Waals surface area contributed by atoms with Crippen LogP contribution in [0.1, 0.15) is 28.5 Å². The normalized spacial score (nSPS) is 14.0. The number of ether oxygens (including phenoxy) is 2. The van der Waals surface area contributed by atoms with Gasteiger partial charge in [0, 0.05) is 17.3 Å². The third kappa shape index (κ3) is 4.67. The van der Waals surface area contributed by atoms with Crippen LogP contribution < -0.4 is 14.8 Å². The van der Waals surface area contributed by atoms with E-state index < -0.39 is 6.10 Å². The van der Waals surface area contributed by atoms with Crippen molar-refractivity contribution in [1.82, 2.24) is 4.98 Å². The summed E-state index contributed by atoms with van der Waals surface area (Å²) >= 11 is 0. The quantitative estimate of drug-likeness (QED) is 0.274. The van der Waals surface area contributed by atoms with Crippen molar-refractivity contribution in [3.8, 4) is 29.1 Å². The smallest absolute Gasteiger partial charge is 0.256 e. The summed E-state index contributed by atoms with van der Waals surface area (Å²) in [6, 6.07) is 23.9. The number of carbonyl (C=O) groups is 1. The molecule has 35 heavy (non-hydrogen) atoms. The van der Waals surface area contributed by atoms with E-state index in [0.717, 1.165) is 5.75 Å². The van der Waals surface area contributed by atoms with Gasteiger partial charge in [-0.25, -0.2) is 0 Å². The van der Waals surface area contributed by atoms with Gasteiger partial charge in [0.05, 0.1) is 24.1 Å². The molecule has 172 valence electrons. The second-order valence-corrected chi connectivity index (χ2v) is 7.86. The minimum Gasteiger partial charge on any atom is -0.495 e. The van der Waals surface area contributed by atoms with Crippen LogP contribution in [0.4, 0.5) is 5.69 Å². The van der Waals surface area contributed by atoms with Gasteiger partial charge >= 0.3 is 0 Å². The number of nitrogens with one attached hydrogen (secondary N) is 2. The number of benzene rings is 3. The van der Waals surface area contributed by atoms with Gasteiger partial charge in [-0.15, -0.1) is 0 Å². The van der Waals surface area contributed by atoms with Crippen LogP contribution in [0.25, 0.3) is 11.6 Å². The molecule has 0 saturated carbocycles. The molecule has 0 fully saturated rings. The van der Waals surface area contributed by atoms with Crippen molar-refractivity contribution in [1.29, 1.82) is 0 Å². The zero-order valence-electron chi connectivity index (χ0n) is 18.9. The van der Waals surface area contributed by atoms with Gasteiger partial charge in [0.2, 0.25) is 0 Å². The third-order valence-corrected chi connectivity index (χ3v) is 5.59. The van der Waals surface area contributed by atoms with Gasteiger partial charge in [0.15, 0.2) is 0 Å². The van der Waals surface area contributed by atoms with Crippen LogP contribution in [-0.2, 0) is 4.79 Å². The van der Waals surface area contributed by atoms with Gasteiger partial charge in [-0.3, -0.25) is 4.79 Å². The minimum absolute atomic E-state index is 0.222. The van der Waals surface area contributed by atoms with Gasteiger partial charge in [0.25, 0.3) is 5.91 Å². The number of para-hydroxylation sites is 1. The molecule has 0 unspecified atom stereocenters. The number of carbonyl (C=O) groups excluding carboxylic acids is 1. The molecule has 0 saturated heterocycles. The van der Waals surface area contributed by atoms with Crippen LogP contribution in [0.15, 0.2) is 85.1 Å². The first kappa shape index (κ1) is 22.1. The second-order valence-electron chi connectivity index (χ2n) is 7.86. The maximum absolute atomic E-state index is 12.7. The number of aromatic amines is 1. The number of aromatic nitrogens is 1. The summed E-state index contributed by atoms with van der Waals surface area (Å²) in [5.74, 6) is 7.77. The van der Waals surface area contributed by atoms with Gasteiger partial charge < -0.3 is 24.9 Å². The van der Waals surface area contributed by atoms with E-state index in [-0.39, 0.29) is 5.91 Å². The molecular formula is C29H22N2O4. The number of H-pyrrole nitrogens is 1. The summed E-state index contributed by atoms with van der Waals surface area (Å²) in [4.78, 5) is 15.8. The molecule has 1 atom stereocenters. The van der Waals surface area contributed by atoms with Crippen molar-refractivity contribution in [3.05, 3.63) is 107 Å². The van der Waals surface area contributed by atoms with E-state index in [9.17, 15) is 9.90 Å². The summed E-state index contributed by atoms with van der Waals surface area (Å²) < 4.78 is 11.1. The molecule has 2 heterocycles. The Kier molecular flexibility index (Phi) is 6.08. The largest absolute Gasteiger partial charge is 0.495 e. The molecule has 0 bridgehead atoms. The lowest BCUT2D eigenvalue weighted by Crippen LogP contribution is -2.03. The molecular weight excluding hydrogens is 440 g/mol. The highest BCUT2D eigenvalue weighted by Gasteiger charge is 2.27. The van der Waals surface area contributed by atoms with Crippen molar-refractivity contribution < 1.29 is 19.4 Å². The van der Waals surface area contributed by atoms with Gasteiger partial charge in [-0.2, -0.15) is 0 Å².